The normalized spacial score (nSPS) is 19.1. The first kappa shape index (κ1) is 14.0. The van der Waals surface area contributed by atoms with Gasteiger partial charge in [-0.15, -0.1) is 0 Å². The number of benzene rings is 1. The third-order valence-electron chi connectivity index (χ3n) is 3.84. The van der Waals surface area contributed by atoms with Crippen LogP contribution in [0.1, 0.15) is 24.4 Å². The van der Waals surface area contributed by atoms with E-state index in [1.807, 2.05) is 30.3 Å². The van der Waals surface area contributed by atoms with Gasteiger partial charge in [-0.3, -0.25) is 4.79 Å². The molecule has 0 aliphatic carbocycles. The zero-order chi connectivity index (χ0) is 13.7. The molecule has 1 fully saturated rings. The molecule has 0 saturated carbocycles. The highest BCUT2D eigenvalue weighted by atomic mass is 16.2. The quantitative estimate of drug-likeness (QED) is 0.854. The number of nitrogens with one attached hydrogen (secondary N) is 1. The largest absolute Gasteiger partial charge is 0.354 e. The first-order chi connectivity index (χ1) is 9.16. The fourth-order valence-corrected chi connectivity index (χ4v) is 2.43. The molecule has 0 bridgehead atoms. The Kier molecular flexibility index (Phi) is 4.93. The molecule has 4 heteroatoms. The minimum absolute atomic E-state index is 0.0786. The third kappa shape index (κ3) is 4.04. The lowest BCUT2D eigenvalue weighted by Gasteiger charge is -2.29. The van der Waals surface area contributed by atoms with Crippen LogP contribution in [0.15, 0.2) is 30.3 Å². The van der Waals surface area contributed by atoms with Gasteiger partial charge in [0.25, 0.3) is 0 Å². The second-order valence-electron chi connectivity index (χ2n) is 5.38. The summed E-state index contributed by atoms with van der Waals surface area (Å²) in [5.74, 6) is 0.508. The molecule has 3 N–H and O–H groups in total. The second-order valence-corrected chi connectivity index (χ2v) is 5.38. The molecule has 1 atom stereocenters. The maximum atomic E-state index is 12.0. The summed E-state index contributed by atoms with van der Waals surface area (Å²) in [7, 11) is 2.14. The average molecular weight is 261 g/mol. The Bertz CT molecular complexity index is 399. The summed E-state index contributed by atoms with van der Waals surface area (Å²) in [5.41, 5.74) is 6.82. The molecule has 104 valence electrons. The van der Waals surface area contributed by atoms with E-state index in [9.17, 15) is 4.79 Å². The van der Waals surface area contributed by atoms with Gasteiger partial charge in [-0.05, 0) is 44.5 Å². The Hall–Kier alpha value is -1.39. The highest BCUT2D eigenvalue weighted by Crippen LogP contribution is 2.15. The molecule has 2 rings (SSSR count). The van der Waals surface area contributed by atoms with Crippen LogP contribution in [0.2, 0.25) is 0 Å². The Morgan fingerprint density at radius 1 is 1.37 bits per heavy atom. The van der Waals surface area contributed by atoms with Crippen molar-refractivity contribution in [2.75, 3.05) is 26.7 Å². The number of rotatable bonds is 4. The van der Waals surface area contributed by atoms with Crippen molar-refractivity contribution in [1.82, 2.24) is 10.2 Å². The zero-order valence-electron chi connectivity index (χ0n) is 11.5. The van der Waals surface area contributed by atoms with Crippen LogP contribution in [0.4, 0.5) is 0 Å². The molecule has 1 saturated heterocycles. The predicted octanol–water partition coefficient (Wildman–Crippen LogP) is 1.14. The molecular weight excluding hydrogens is 238 g/mol. The van der Waals surface area contributed by atoms with Crippen molar-refractivity contribution in [2.24, 2.45) is 11.7 Å². The molecule has 1 aromatic rings. The van der Waals surface area contributed by atoms with Crippen LogP contribution >= 0.6 is 0 Å². The van der Waals surface area contributed by atoms with Crippen LogP contribution in [0.25, 0.3) is 0 Å². The summed E-state index contributed by atoms with van der Waals surface area (Å²) in [5, 5.41) is 2.98. The predicted molar refractivity (Wildman–Crippen MR) is 76.6 cm³/mol. The molecule has 0 aromatic heterocycles. The van der Waals surface area contributed by atoms with E-state index in [2.05, 4.69) is 17.3 Å². The van der Waals surface area contributed by atoms with Gasteiger partial charge >= 0.3 is 0 Å². The van der Waals surface area contributed by atoms with Gasteiger partial charge in [-0.1, -0.05) is 30.3 Å². The SMILES string of the molecule is CN1CCC(CNC(=O)[C@H](N)c2ccccc2)CC1. The van der Waals surface area contributed by atoms with Crippen LogP contribution in [-0.2, 0) is 4.79 Å². The standard InChI is InChI=1S/C15H23N3O/c1-18-9-7-12(8-10-18)11-17-15(19)14(16)13-5-3-2-4-6-13/h2-6,12,14H,7-11,16H2,1H3,(H,17,19)/t14-/m1/s1. The Balaban J connectivity index is 1.78. The average Bonchev–Trinajstić information content (AvgIpc) is 2.46. The highest BCUT2D eigenvalue weighted by Gasteiger charge is 2.19. The maximum Gasteiger partial charge on any atom is 0.241 e. The van der Waals surface area contributed by atoms with Crippen molar-refractivity contribution in [2.45, 2.75) is 18.9 Å². The van der Waals surface area contributed by atoms with Gasteiger partial charge in [-0.25, -0.2) is 0 Å². The van der Waals surface area contributed by atoms with Crippen LogP contribution < -0.4 is 11.1 Å². The molecule has 1 amide bonds. The fraction of sp³-hybridized carbons (Fsp3) is 0.533. The lowest BCUT2D eigenvalue weighted by molar-refractivity contribution is -0.122. The molecule has 1 aromatic carbocycles. The molecule has 1 aliphatic heterocycles. The summed E-state index contributed by atoms with van der Waals surface area (Å²) in [6, 6.07) is 8.94. The minimum Gasteiger partial charge on any atom is -0.354 e. The van der Waals surface area contributed by atoms with E-state index in [0.29, 0.717) is 5.92 Å². The number of nitrogens with two attached hydrogens (primary N) is 1. The number of amides is 1. The Morgan fingerprint density at radius 2 is 2.00 bits per heavy atom. The van der Waals surface area contributed by atoms with Crippen molar-refractivity contribution >= 4 is 5.91 Å². The van der Waals surface area contributed by atoms with E-state index in [4.69, 9.17) is 5.73 Å². The summed E-state index contributed by atoms with van der Waals surface area (Å²) < 4.78 is 0. The maximum absolute atomic E-state index is 12.0. The van der Waals surface area contributed by atoms with E-state index in [1.54, 1.807) is 0 Å². The molecule has 0 radical (unpaired) electrons. The van der Waals surface area contributed by atoms with Gasteiger partial charge in [0.2, 0.25) is 5.91 Å². The van der Waals surface area contributed by atoms with Crippen molar-refractivity contribution in [3.63, 3.8) is 0 Å². The van der Waals surface area contributed by atoms with Crippen LogP contribution in [0.3, 0.4) is 0 Å². The number of piperidine rings is 1. The summed E-state index contributed by atoms with van der Waals surface area (Å²) in [6.07, 6.45) is 2.30. The third-order valence-corrected chi connectivity index (χ3v) is 3.84. The van der Waals surface area contributed by atoms with Gasteiger partial charge in [-0.2, -0.15) is 0 Å². The number of hydrogen-bond acceptors (Lipinski definition) is 3. The van der Waals surface area contributed by atoms with Crippen molar-refractivity contribution in [3.8, 4) is 0 Å². The van der Waals surface area contributed by atoms with Gasteiger partial charge < -0.3 is 16.0 Å². The molecule has 0 unspecified atom stereocenters. The summed E-state index contributed by atoms with van der Waals surface area (Å²) >= 11 is 0. The molecular formula is C15H23N3O. The Morgan fingerprint density at radius 3 is 2.63 bits per heavy atom. The van der Waals surface area contributed by atoms with E-state index < -0.39 is 6.04 Å². The second kappa shape index (κ2) is 6.68. The summed E-state index contributed by atoms with van der Waals surface area (Å²) in [6.45, 7) is 2.98. The van der Waals surface area contributed by atoms with Crippen molar-refractivity contribution < 1.29 is 4.79 Å². The van der Waals surface area contributed by atoms with Gasteiger partial charge in [0, 0.05) is 6.54 Å². The highest BCUT2D eigenvalue weighted by molar-refractivity contribution is 5.82. The van der Waals surface area contributed by atoms with Crippen LogP contribution in [-0.4, -0.2) is 37.5 Å². The minimum atomic E-state index is -0.563. The Labute approximate surface area is 115 Å². The molecule has 4 nitrogen and oxygen atoms in total. The first-order valence-electron chi connectivity index (χ1n) is 6.93. The van der Waals surface area contributed by atoms with Crippen molar-refractivity contribution in [3.05, 3.63) is 35.9 Å². The molecule has 1 aliphatic rings. The van der Waals surface area contributed by atoms with Crippen molar-refractivity contribution in [1.29, 1.82) is 0 Å². The molecule has 0 spiro atoms. The number of nitrogens with zero attached hydrogens (tertiary/aromatic N) is 1. The van der Waals surface area contributed by atoms with Gasteiger partial charge in [0.15, 0.2) is 0 Å². The van der Waals surface area contributed by atoms with Gasteiger partial charge in [0.05, 0.1) is 0 Å². The number of carbonyl (C=O) groups excluding carboxylic acids is 1. The van der Waals surface area contributed by atoms with Gasteiger partial charge in [0.1, 0.15) is 6.04 Å². The van der Waals surface area contributed by atoms with E-state index >= 15 is 0 Å². The monoisotopic (exact) mass is 261 g/mol. The summed E-state index contributed by atoms with van der Waals surface area (Å²) in [4.78, 5) is 14.3. The lowest BCUT2D eigenvalue weighted by Crippen LogP contribution is -2.40. The number of carbonyl (C=O) groups is 1. The lowest BCUT2D eigenvalue weighted by atomic mass is 9.97. The molecule has 1 heterocycles. The smallest absolute Gasteiger partial charge is 0.241 e. The molecule has 19 heavy (non-hydrogen) atoms. The fourth-order valence-electron chi connectivity index (χ4n) is 2.43. The number of hydrogen-bond donors (Lipinski definition) is 2. The first-order valence-corrected chi connectivity index (χ1v) is 6.93. The number of likely N-dealkylation sites (tertiary alicyclic amines) is 1. The topological polar surface area (TPSA) is 58.4 Å². The van der Waals surface area contributed by atoms with E-state index in [-0.39, 0.29) is 5.91 Å². The van der Waals surface area contributed by atoms with E-state index in [1.165, 1.54) is 0 Å². The zero-order valence-corrected chi connectivity index (χ0v) is 11.5. The van der Waals surface area contributed by atoms with Crippen LogP contribution in [0, 0.1) is 5.92 Å². The van der Waals surface area contributed by atoms with E-state index in [0.717, 1.165) is 38.0 Å². The van der Waals surface area contributed by atoms with Crippen LogP contribution in [0.5, 0.6) is 0 Å².